The molecular formula is C21H23N3O2. The lowest BCUT2D eigenvalue weighted by Crippen LogP contribution is -2.31. The predicted octanol–water partition coefficient (Wildman–Crippen LogP) is 3.99. The molecule has 4 rings (SSSR count). The topological polar surface area (TPSA) is 47.4 Å². The van der Waals surface area contributed by atoms with Crippen molar-refractivity contribution in [2.75, 3.05) is 13.2 Å². The molecule has 0 atom stereocenters. The van der Waals surface area contributed by atoms with Gasteiger partial charge in [-0.05, 0) is 38.0 Å². The number of para-hydroxylation sites is 1. The molecule has 0 bridgehead atoms. The van der Waals surface area contributed by atoms with Gasteiger partial charge in [0.05, 0.1) is 25.4 Å². The van der Waals surface area contributed by atoms with Gasteiger partial charge in [-0.3, -0.25) is 4.98 Å². The number of hydrogen-bond donors (Lipinski definition) is 0. The molecule has 0 saturated carbocycles. The Morgan fingerprint density at radius 1 is 1.19 bits per heavy atom. The predicted molar refractivity (Wildman–Crippen MR) is 101 cm³/mol. The summed E-state index contributed by atoms with van der Waals surface area (Å²) in [7, 11) is 0. The lowest BCUT2D eigenvalue weighted by Gasteiger charge is -2.19. The minimum absolute atomic E-state index is 0.220. The highest BCUT2D eigenvalue weighted by atomic mass is 16.6. The summed E-state index contributed by atoms with van der Waals surface area (Å²) < 4.78 is 7.60. The molecule has 5 nitrogen and oxygen atoms in total. The average molecular weight is 349 g/mol. The molecule has 1 aliphatic heterocycles. The van der Waals surface area contributed by atoms with Crippen molar-refractivity contribution in [3.8, 4) is 0 Å². The first-order valence-electron chi connectivity index (χ1n) is 9.18. The van der Waals surface area contributed by atoms with E-state index in [1.165, 1.54) is 22.2 Å². The average Bonchev–Trinajstić information content (AvgIpc) is 2.83. The van der Waals surface area contributed by atoms with Crippen molar-refractivity contribution in [1.29, 1.82) is 0 Å². The van der Waals surface area contributed by atoms with Gasteiger partial charge in [0.15, 0.2) is 0 Å². The van der Waals surface area contributed by atoms with Crippen molar-refractivity contribution in [3.05, 3.63) is 65.6 Å². The van der Waals surface area contributed by atoms with Crippen molar-refractivity contribution in [2.24, 2.45) is 0 Å². The van der Waals surface area contributed by atoms with Gasteiger partial charge in [0.1, 0.15) is 0 Å². The van der Waals surface area contributed by atoms with E-state index in [0.29, 0.717) is 13.2 Å². The molecule has 0 saturated heterocycles. The summed E-state index contributed by atoms with van der Waals surface area (Å²) in [5.41, 5.74) is 4.79. The molecule has 26 heavy (non-hydrogen) atoms. The Labute approximate surface area is 153 Å². The molecule has 1 aliphatic rings. The minimum Gasteiger partial charge on any atom is -0.450 e. The van der Waals surface area contributed by atoms with Crippen LogP contribution in [0.15, 0.2) is 48.7 Å². The molecule has 2 aromatic heterocycles. The summed E-state index contributed by atoms with van der Waals surface area (Å²) in [6, 6.07) is 14.5. The monoisotopic (exact) mass is 349 g/mol. The highest BCUT2D eigenvalue weighted by Crippen LogP contribution is 2.31. The quantitative estimate of drug-likeness (QED) is 0.718. The number of pyridine rings is 1. The van der Waals surface area contributed by atoms with Crippen LogP contribution in [0.3, 0.4) is 0 Å². The van der Waals surface area contributed by atoms with Crippen molar-refractivity contribution < 1.29 is 9.53 Å². The van der Waals surface area contributed by atoms with E-state index in [1.54, 1.807) is 0 Å². The highest BCUT2D eigenvalue weighted by molar-refractivity contribution is 5.86. The van der Waals surface area contributed by atoms with Crippen molar-refractivity contribution in [2.45, 2.75) is 32.9 Å². The fourth-order valence-corrected chi connectivity index (χ4v) is 3.80. The number of carbonyl (C=O) groups is 1. The maximum atomic E-state index is 12.3. The summed E-state index contributed by atoms with van der Waals surface area (Å²) in [6.07, 6.45) is 3.50. The normalized spacial score (nSPS) is 14.1. The molecule has 0 aliphatic carbocycles. The van der Waals surface area contributed by atoms with Crippen LogP contribution >= 0.6 is 0 Å². The van der Waals surface area contributed by atoms with E-state index >= 15 is 0 Å². The Bertz CT molecular complexity index is 918. The highest BCUT2D eigenvalue weighted by Gasteiger charge is 2.25. The summed E-state index contributed by atoms with van der Waals surface area (Å²) in [5, 5.41) is 1.22. The zero-order chi connectivity index (χ0) is 17.9. The molecular weight excluding hydrogens is 326 g/mol. The third kappa shape index (κ3) is 3.05. The molecule has 0 spiro atoms. The van der Waals surface area contributed by atoms with E-state index in [-0.39, 0.29) is 6.09 Å². The minimum atomic E-state index is -0.220. The number of amides is 1. The van der Waals surface area contributed by atoms with E-state index in [9.17, 15) is 4.79 Å². The van der Waals surface area contributed by atoms with E-state index in [4.69, 9.17) is 4.74 Å². The van der Waals surface area contributed by atoms with E-state index < -0.39 is 0 Å². The Hall–Kier alpha value is -2.82. The molecule has 5 heteroatoms. The zero-order valence-electron chi connectivity index (χ0n) is 15.0. The largest absolute Gasteiger partial charge is 0.450 e. The van der Waals surface area contributed by atoms with Crippen LogP contribution in [0.25, 0.3) is 10.9 Å². The molecule has 0 fully saturated rings. The van der Waals surface area contributed by atoms with Gasteiger partial charge in [-0.25, -0.2) is 4.79 Å². The molecule has 134 valence electrons. The number of aromatic nitrogens is 2. The fraction of sp³-hybridized carbons (Fsp3) is 0.333. The van der Waals surface area contributed by atoms with Gasteiger partial charge >= 0.3 is 6.09 Å². The second kappa shape index (κ2) is 7.20. The maximum Gasteiger partial charge on any atom is 0.410 e. The molecule has 3 heterocycles. The lowest BCUT2D eigenvalue weighted by atomic mass is 10.1. The number of ether oxygens (including phenoxy) is 1. The standard InChI is InChI=1S/C21H23N3O2/c1-2-26-21(25)23-13-7-11-20-18(15-23)17-9-3-4-10-19(17)24(20)14-16-8-5-6-12-22-16/h3-6,8-10,12H,2,7,11,13-15H2,1H3. The Morgan fingerprint density at radius 2 is 2.04 bits per heavy atom. The third-order valence-corrected chi connectivity index (χ3v) is 4.96. The summed E-state index contributed by atoms with van der Waals surface area (Å²) in [4.78, 5) is 18.6. The first-order valence-corrected chi connectivity index (χ1v) is 9.18. The number of fused-ring (bicyclic) bond motifs is 3. The number of benzene rings is 1. The van der Waals surface area contributed by atoms with Crippen LogP contribution in [0.2, 0.25) is 0 Å². The van der Waals surface area contributed by atoms with Crippen LogP contribution in [0, 0.1) is 0 Å². The number of rotatable bonds is 3. The summed E-state index contributed by atoms with van der Waals surface area (Å²) >= 11 is 0. The first kappa shape index (κ1) is 16.6. The molecule has 0 N–H and O–H groups in total. The molecule has 0 unspecified atom stereocenters. The smallest absolute Gasteiger partial charge is 0.410 e. The molecule has 1 aromatic carbocycles. The van der Waals surface area contributed by atoms with E-state index in [0.717, 1.165) is 31.6 Å². The molecule has 0 radical (unpaired) electrons. The number of hydrogen-bond acceptors (Lipinski definition) is 3. The lowest BCUT2D eigenvalue weighted by molar-refractivity contribution is 0.105. The van der Waals surface area contributed by atoms with E-state index in [2.05, 4.69) is 39.9 Å². The van der Waals surface area contributed by atoms with Crippen LogP contribution in [0.1, 0.15) is 30.3 Å². The number of nitrogens with zero attached hydrogens (tertiary/aromatic N) is 3. The summed E-state index contributed by atoms with van der Waals surface area (Å²) in [6.45, 7) is 4.33. The maximum absolute atomic E-state index is 12.3. The van der Waals surface area contributed by atoms with Crippen LogP contribution in [0.4, 0.5) is 4.79 Å². The Kier molecular flexibility index (Phi) is 4.61. The fourth-order valence-electron chi connectivity index (χ4n) is 3.80. The number of carbonyl (C=O) groups excluding carboxylic acids is 1. The van der Waals surface area contributed by atoms with Crippen LogP contribution in [0.5, 0.6) is 0 Å². The van der Waals surface area contributed by atoms with Gasteiger partial charge in [-0.15, -0.1) is 0 Å². The van der Waals surface area contributed by atoms with Gasteiger partial charge in [0, 0.05) is 34.9 Å². The van der Waals surface area contributed by atoms with Gasteiger partial charge in [-0.2, -0.15) is 0 Å². The van der Waals surface area contributed by atoms with Gasteiger partial charge in [0.2, 0.25) is 0 Å². The van der Waals surface area contributed by atoms with Crippen LogP contribution in [-0.4, -0.2) is 33.7 Å². The second-order valence-corrected chi connectivity index (χ2v) is 6.57. The van der Waals surface area contributed by atoms with Gasteiger partial charge in [0.25, 0.3) is 0 Å². The first-order chi connectivity index (χ1) is 12.8. The van der Waals surface area contributed by atoms with Gasteiger partial charge < -0.3 is 14.2 Å². The Morgan fingerprint density at radius 3 is 2.85 bits per heavy atom. The van der Waals surface area contributed by atoms with E-state index in [1.807, 2.05) is 30.2 Å². The van der Waals surface area contributed by atoms with Crippen LogP contribution < -0.4 is 0 Å². The Balaban J connectivity index is 1.78. The SMILES string of the molecule is CCOC(=O)N1CCCc2c(c3ccccc3n2Cc2ccccn2)C1. The zero-order valence-corrected chi connectivity index (χ0v) is 15.0. The van der Waals surface area contributed by atoms with Gasteiger partial charge in [-0.1, -0.05) is 24.3 Å². The third-order valence-electron chi connectivity index (χ3n) is 4.96. The summed E-state index contributed by atoms with van der Waals surface area (Å²) in [5.74, 6) is 0. The molecule has 3 aromatic rings. The van der Waals surface area contributed by atoms with Crippen molar-refractivity contribution in [3.63, 3.8) is 0 Å². The van der Waals surface area contributed by atoms with Crippen molar-refractivity contribution >= 4 is 17.0 Å². The second-order valence-electron chi connectivity index (χ2n) is 6.57. The van der Waals surface area contributed by atoms with Crippen molar-refractivity contribution in [1.82, 2.24) is 14.5 Å². The van der Waals surface area contributed by atoms with Crippen LogP contribution in [-0.2, 0) is 24.2 Å². The molecule has 1 amide bonds.